The van der Waals surface area contributed by atoms with Crippen molar-refractivity contribution in [1.29, 1.82) is 0 Å². The molecule has 1 atom stereocenters. The molecule has 0 bridgehead atoms. The Balaban J connectivity index is 1.43. The Labute approximate surface area is 147 Å². The number of hydrogen-bond donors (Lipinski definition) is 1. The summed E-state index contributed by atoms with van der Waals surface area (Å²) in [4.78, 5) is 5.09. The Bertz CT molecular complexity index is 681. The molecule has 134 valence electrons. The van der Waals surface area contributed by atoms with Crippen molar-refractivity contribution in [3.8, 4) is 11.3 Å². The first-order valence-corrected chi connectivity index (χ1v) is 9.12. The van der Waals surface area contributed by atoms with Crippen molar-refractivity contribution in [1.82, 2.24) is 20.0 Å². The number of piperidine rings is 1. The summed E-state index contributed by atoms with van der Waals surface area (Å²) >= 11 is 0. The van der Waals surface area contributed by atoms with Crippen LogP contribution in [0.4, 0.5) is 4.39 Å². The van der Waals surface area contributed by atoms with E-state index < -0.39 is 0 Å². The molecule has 2 aliphatic heterocycles. The molecule has 4 rings (SSSR count). The molecule has 0 unspecified atom stereocenters. The second kappa shape index (κ2) is 7.64. The smallest absolute Gasteiger partial charge is 0.123 e. The van der Waals surface area contributed by atoms with Gasteiger partial charge in [-0.1, -0.05) is 0 Å². The van der Waals surface area contributed by atoms with E-state index >= 15 is 0 Å². The SMILES string of the molecule is Fc1ccc(-c2[nH]ncc2CN2CCC[C@H](N3CCOCC3)C2)cc1. The highest BCUT2D eigenvalue weighted by Gasteiger charge is 2.27. The summed E-state index contributed by atoms with van der Waals surface area (Å²) in [6.45, 7) is 6.89. The quantitative estimate of drug-likeness (QED) is 0.926. The number of aromatic nitrogens is 2. The number of halogens is 1. The third-order valence-electron chi connectivity index (χ3n) is 5.29. The molecule has 2 aromatic rings. The van der Waals surface area contributed by atoms with Crippen molar-refractivity contribution >= 4 is 0 Å². The zero-order valence-corrected chi connectivity index (χ0v) is 14.5. The lowest BCUT2D eigenvalue weighted by Crippen LogP contribution is -2.51. The predicted octanol–water partition coefficient (Wildman–Crippen LogP) is 2.51. The number of hydrogen-bond acceptors (Lipinski definition) is 4. The first-order chi connectivity index (χ1) is 12.3. The van der Waals surface area contributed by atoms with Gasteiger partial charge in [-0.3, -0.25) is 14.9 Å². The fraction of sp³-hybridized carbons (Fsp3) is 0.526. The number of H-pyrrole nitrogens is 1. The van der Waals surface area contributed by atoms with E-state index in [0.29, 0.717) is 6.04 Å². The van der Waals surface area contributed by atoms with Gasteiger partial charge < -0.3 is 4.74 Å². The van der Waals surface area contributed by atoms with Gasteiger partial charge in [-0.25, -0.2) is 4.39 Å². The summed E-state index contributed by atoms with van der Waals surface area (Å²) in [5.74, 6) is -0.214. The molecule has 6 heteroatoms. The minimum absolute atomic E-state index is 0.214. The van der Waals surface area contributed by atoms with E-state index in [0.717, 1.165) is 57.2 Å². The number of benzene rings is 1. The molecule has 0 radical (unpaired) electrons. The van der Waals surface area contributed by atoms with Crippen molar-refractivity contribution in [3.05, 3.63) is 41.8 Å². The Kier molecular flexibility index (Phi) is 5.10. The molecule has 0 amide bonds. The third kappa shape index (κ3) is 3.92. The van der Waals surface area contributed by atoms with Gasteiger partial charge in [-0.15, -0.1) is 0 Å². The second-order valence-electron chi connectivity index (χ2n) is 6.96. The number of nitrogens with zero attached hydrogens (tertiary/aromatic N) is 3. The fourth-order valence-electron chi connectivity index (χ4n) is 3.95. The molecular formula is C19H25FN4O. The number of aromatic amines is 1. The zero-order valence-electron chi connectivity index (χ0n) is 14.5. The highest BCUT2D eigenvalue weighted by molar-refractivity contribution is 5.62. The van der Waals surface area contributed by atoms with Crippen molar-refractivity contribution in [2.45, 2.75) is 25.4 Å². The number of rotatable bonds is 4. The number of ether oxygens (including phenoxy) is 1. The van der Waals surface area contributed by atoms with Crippen LogP contribution >= 0.6 is 0 Å². The molecule has 0 aliphatic carbocycles. The molecule has 0 spiro atoms. The summed E-state index contributed by atoms with van der Waals surface area (Å²) in [7, 11) is 0. The fourth-order valence-corrected chi connectivity index (χ4v) is 3.95. The van der Waals surface area contributed by atoms with Crippen LogP contribution in [0.25, 0.3) is 11.3 Å². The lowest BCUT2D eigenvalue weighted by atomic mass is 10.0. The van der Waals surface area contributed by atoms with Gasteiger partial charge in [-0.05, 0) is 43.7 Å². The van der Waals surface area contributed by atoms with E-state index in [4.69, 9.17) is 4.74 Å². The molecule has 1 aromatic carbocycles. The second-order valence-corrected chi connectivity index (χ2v) is 6.96. The predicted molar refractivity (Wildman–Crippen MR) is 94.7 cm³/mol. The monoisotopic (exact) mass is 344 g/mol. The Morgan fingerprint density at radius 2 is 1.96 bits per heavy atom. The van der Waals surface area contributed by atoms with Gasteiger partial charge in [0.15, 0.2) is 0 Å². The molecule has 2 saturated heterocycles. The van der Waals surface area contributed by atoms with Gasteiger partial charge in [0.05, 0.1) is 25.1 Å². The Morgan fingerprint density at radius 3 is 2.76 bits per heavy atom. The lowest BCUT2D eigenvalue weighted by molar-refractivity contribution is -0.00356. The van der Waals surface area contributed by atoms with Crippen molar-refractivity contribution < 1.29 is 9.13 Å². The van der Waals surface area contributed by atoms with Gasteiger partial charge in [-0.2, -0.15) is 5.10 Å². The first kappa shape index (κ1) is 16.7. The van der Waals surface area contributed by atoms with Crippen LogP contribution in [0.3, 0.4) is 0 Å². The average Bonchev–Trinajstić information content (AvgIpc) is 3.11. The molecule has 2 aliphatic rings. The molecule has 1 aromatic heterocycles. The van der Waals surface area contributed by atoms with Crippen molar-refractivity contribution in [2.24, 2.45) is 0 Å². The summed E-state index contributed by atoms with van der Waals surface area (Å²) in [6, 6.07) is 7.22. The van der Waals surface area contributed by atoms with Gasteiger partial charge in [0.25, 0.3) is 0 Å². The largest absolute Gasteiger partial charge is 0.379 e. The Hall–Kier alpha value is -1.76. The van der Waals surface area contributed by atoms with Crippen LogP contribution in [-0.4, -0.2) is 65.4 Å². The van der Waals surface area contributed by atoms with Crippen molar-refractivity contribution in [3.63, 3.8) is 0 Å². The van der Waals surface area contributed by atoms with Crippen LogP contribution in [0.2, 0.25) is 0 Å². The molecular weight excluding hydrogens is 319 g/mol. The maximum absolute atomic E-state index is 13.2. The van der Waals surface area contributed by atoms with Crippen LogP contribution in [0, 0.1) is 5.82 Å². The Morgan fingerprint density at radius 1 is 1.16 bits per heavy atom. The van der Waals surface area contributed by atoms with E-state index in [1.807, 2.05) is 6.20 Å². The van der Waals surface area contributed by atoms with E-state index in [1.54, 1.807) is 12.1 Å². The minimum Gasteiger partial charge on any atom is -0.379 e. The molecule has 2 fully saturated rings. The highest BCUT2D eigenvalue weighted by Crippen LogP contribution is 2.25. The minimum atomic E-state index is -0.214. The topological polar surface area (TPSA) is 44.4 Å². The molecule has 5 nitrogen and oxygen atoms in total. The van der Waals surface area contributed by atoms with Crippen LogP contribution in [0.1, 0.15) is 18.4 Å². The number of morpholine rings is 1. The summed E-state index contributed by atoms with van der Waals surface area (Å²) in [5.41, 5.74) is 3.15. The standard InChI is InChI=1S/C19H25FN4O/c20-17-5-3-15(4-6-17)19-16(12-21-22-19)13-23-7-1-2-18(14-23)24-8-10-25-11-9-24/h3-6,12,18H,1-2,7-11,13-14H2,(H,21,22)/t18-/m0/s1. The summed E-state index contributed by atoms with van der Waals surface area (Å²) in [5, 5.41) is 7.30. The molecule has 1 N–H and O–H groups in total. The van der Waals surface area contributed by atoms with Gasteiger partial charge in [0.1, 0.15) is 5.82 Å². The molecule has 3 heterocycles. The molecule has 0 saturated carbocycles. The number of nitrogens with one attached hydrogen (secondary N) is 1. The normalized spacial score (nSPS) is 23.0. The van der Waals surface area contributed by atoms with Gasteiger partial charge in [0, 0.05) is 43.3 Å². The van der Waals surface area contributed by atoms with E-state index in [-0.39, 0.29) is 5.82 Å². The lowest BCUT2D eigenvalue weighted by Gasteiger charge is -2.40. The summed E-state index contributed by atoms with van der Waals surface area (Å²) < 4.78 is 18.7. The first-order valence-electron chi connectivity index (χ1n) is 9.12. The highest BCUT2D eigenvalue weighted by atomic mass is 19.1. The van der Waals surface area contributed by atoms with Crippen molar-refractivity contribution in [2.75, 3.05) is 39.4 Å². The van der Waals surface area contributed by atoms with E-state index in [1.165, 1.54) is 30.5 Å². The summed E-state index contributed by atoms with van der Waals surface area (Å²) in [6.07, 6.45) is 4.40. The third-order valence-corrected chi connectivity index (χ3v) is 5.29. The van der Waals surface area contributed by atoms with Gasteiger partial charge in [0.2, 0.25) is 0 Å². The van der Waals surface area contributed by atoms with Gasteiger partial charge >= 0.3 is 0 Å². The van der Waals surface area contributed by atoms with E-state index in [9.17, 15) is 4.39 Å². The van der Waals surface area contributed by atoms with Crippen LogP contribution in [0.15, 0.2) is 30.5 Å². The zero-order chi connectivity index (χ0) is 17.1. The van der Waals surface area contributed by atoms with Crippen LogP contribution < -0.4 is 0 Å². The van der Waals surface area contributed by atoms with E-state index in [2.05, 4.69) is 20.0 Å². The van der Waals surface area contributed by atoms with Crippen LogP contribution in [-0.2, 0) is 11.3 Å². The maximum atomic E-state index is 13.2. The van der Waals surface area contributed by atoms with Crippen LogP contribution in [0.5, 0.6) is 0 Å². The molecule has 25 heavy (non-hydrogen) atoms. The number of likely N-dealkylation sites (tertiary alicyclic amines) is 1. The maximum Gasteiger partial charge on any atom is 0.123 e. The average molecular weight is 344 g/mol.